The van der Waals surface area contributed by atoms with Crippen molar-refractivity contribution < 1.29 is 19.1 Å². The number of pyridine rings is 2. The first-order valence-corrected chi connectivity index (χ1v) is 12.6. The van der Waals surface area contributed by atoms with Crippen molar-refractivity contribution in [3.8, 4) is 5.88 Å². The van der Waals surface area contributed by atoms with E-state index in [1.165, 1.54) is 4.90 Å². The number of rotatable bonds is 7. The Morgan fingerprint density at radius 3 is 2.33 bits per heavy atom. The molecule has 0 N–H and O–H groups in total. The Labute approximate surface area is 212 Å². The summed E-state index contributed by atoms with van der Waals surface area (Å²) in [7, 11) is 0. The van der Waals surface area contributed by atoms with Crippen LogP contribution in [0.1, 0.15) is 43.6 Å². The molecule has 0 spiro atoms. The Morgan fingerprint density at radius 1 is 0.972 bits per heavy atom. The molecule has 192 valence electrons. The van der Waals surface area contributed by atoms with Crippen molar-refractivity contribution in [2.24, 2.45) is 5.41 Å². The van der Waals surface area contributed by atoms with Gasteiger partial charge in [-0.1, -0.05) is 26.0 Å². The monoisotopic (exact) mass is 493 g/mol. The second-order valence-electron chi connectivity index (χ2n) is 10.4. The topological polar surface area (TPSA) is 95.9 Å². The Hall–Kier alpha value is -3.33. The molecule has 36 heavy (non-hydrogen) atoms. The number of piperidine rings is 1. The number of likely N-dealkylation sites (tertiary alicyclic amines) is 1. The lowest BCUT2D eigenvalue weighted by molar-refractivity contribution is -0.152. The van der Waals surface area contributed by atoms with Crippen LogP contribution in [0, 0.1) is 12.3 Å². The fourth-order valence-electron chi connectivity index (χ4n) is 4.64. The van der Waals surface area contributed by atoms with E-state index in [1.54, 1.807) is 17.2 Å². The maximum atomic E-state index is 12.6. The van der Waals surface area contributed by atoms with E-state index < -0.39 is 6.09 Å². The maximum Gasteiger partial charge on any atom is 0.416 e. The molecule has 9 nitrogen and oxygen atoms in total. The fraction of sp³-hybridized carbons (Fsp3) is 0.519. The van der Waals surface area contributed by atoms with Crippen LogP contribution in [-0.2, 0) is 22.4 Å². The highest BCUT2D eigenvalue weighted by atomic mass is 16.6. The van der Waals surface area contributed by atoms with Gasteiger partial charge in [-0.05, 0) is 36.5 Å². The second kappa shape index (κ2) is 11.2. The van der Waals surface area contributed by atoms with Crippen molar-refractivity contribution in [3.05, 3.63) is 53.5 Å². The molecule has 2 fully saturated rings. The minimum Gasteiger partial charge on any atom is -0.391 e. The predicted octanol–water partition coefficient (Wildman–Crippen LogP) is 2.86. The Balaban J connectivity index is 1.19. The number of imide groups is 1. The van der Waals surface area contributed by atoms with Crippen LogP contribution in [0.25, 0.3) is 0 Å². The Kier molecular flexibility index (Phi) is 7.98. The number of aryl methyl sites for hydroxylation is 1. The predicted molar refractivity (Wildman–Crippen MR) is 134 cm³/mol. The summed E-state index contributed by atoms with van der Waals surface area (Å²) in [6.07, 6.45) is 3.39. The fourth-order valence-corrected chi connectivity index (χ4v) is 4.64. The Morgan fingerprint density at radius 2 is 1.69 bits per heavy atom. The van der Waals surface area contributed by atoms with Gasteiger partial charge in [0.1, 0.15) is 0 Å². The summed E-state index contributed by atoms with van der Waals surface area (Å²) in [4.78, 5) is 51.4. The molecule has 2 aromatic heterocycles. The third-order valence-corrected chi connectivity index (χ3v) is 6.74. The summed E-state index contributed by atoms with van der Waals surface area (Å²) in [5.41, 5.74) is 2.71. The molecule has 9 heteroatoms. The number of hydrogen-bond donors (Lipinski definition) is 0. The summed E-state index contributed by atoms with van der Waals surface area (Å²) in [6, 6.07) is 9.54. The van der Waals surface area contributed by atoms with Crippen LogP contribution >= 0.6 is 0 Å². The highest BCUT2D eigenvalue weighted by Crippen LogP contribution is 2.31. The molecular weight excluding hydrogens is 458 g/mol. The minimum absolute atomic E-state index is 0.123. The van der Waals surface area contributed by atoms with Crippen LogP contribution in [0.15, 0.2) is 36.5 Å². The van der Waals surface area contributed by atoms with Gasteiger partial charge in [0.25, 0.3) is 0 Å². The van der Waals surface area contributed by atoms with E-state index >= 15 is 0 Å². The number of amides is 3. The molecule has 0 radical (unpaired) electrons. The van der Waals surface area contributed by atoms with Crippen LogP contribution < -0.4 is 4.74 Å². The highest BCUT2D eigenvalue weighted by Gasteiger charge is 2.37. The summed E-state index contributed by atoms with van der Waals surface area (Å²) in [6.45, 7) is 9.91. The van der Waals surface area contributed by atoms with E-state index in [2.05, 4.69) is 14.9 Å². The molecule has 0 atom stereocenters. The molecule has 4 heterocycles. The number of carbonyl (C=O) groups is 3. The van der Waals surface area contributed by atoms with Crippen molar-refractivity contribution in [1.29, 1.82) is 0 Å². The van der Waals surface area contributed by atoms with Gasteiger partial charge in [-0.2, -0.15) is 0 Å². The molecule has 0 aliphatic carbocycles. The largest absolute Gasteiger partial charge is 0.416 e. The molecule has 4 rings (SSSR count). The minimum atomic E-state index is -0.401. The lowest BCUT2D eigenvalue weighted by Crippen LogP contribution is -2.50. The van der Waals surface area contributed by atoms with Crippen molar-refractivity contribution in [1.82, 2.24) is 24.7 Å². The molecule has 3 amide bonds. The van der Waals surface area contributed by atoms with E-state index in [0.29, 0.717) is 38.9 Å². The number of carbonyl (C=O) groups excluding carboxylic acids is 3. The van der Waals surface area contributed by atoms with Gasteiger partial charge in [-0.25, -0.2) is 9.78 Å². The van der Waals surface area contributed by atoms with Gasteiger partial charge in [0.05, 0.1) is 0 Å². The van der Waals surface area contributed by atoms with E-state index in [-0.39, 0.29) is 23.1 Å². The zero-order valence-electron chi connectivity index (χ0n) is 21.4. The quantitative estimate of drug-likeness (QED) is 0.547. The zero-order valence-corrected chi connectivity index (χ0v) is 21.4. The van der Waals surface area contributed by atoms with Gasteiger partial charge in [-0.15, -0.1) is 0 Å². The standard InChI is InChI=1S/C27H35N5O4/c1-20-5-4-6-22(29-20)10-11-30-13-15-31(16-14-30)26(35)36-23-8-7-21(19-28-23)9-12-32-24(33)17-27(2,3)18-25(32)34/h4-8,19H,9-18H2,1-3H3. The zero-order chi connectivity index (χ0) is 25.7. The first kappa shape index (κ1) is 25.8. The van der Waals surface area contributed by atoms with Crippen molar-refractivity contribution in [3.63, 3.8) is 0 Å². The molecular formula is C27H35N5O4. The van der Waals surface area contributed by atoms with Crippen molar-refractivity contribution in [2.45, 2.75) is 46.5 Å². The molecule has 2 aromatic rings. The van der Waals surface area contributed by atoms with Crippen molar-refractivity contribution >= 4 is 17.9 Å². The van der Waals surface area contributed by atoms with Gasteiger partial charge < -0.3 is 9.64 Å². The van der Waals surface area contributed by atoms with Crippen LogP contribution in [0.5, 0.6) is 5.88 Å². The van der Waals surface area contributed by atoms with Crippen molar-refractivity contribution in [2.75, 3.05) is 39.3 Å². The normalized spacial score (nSPS) is 18.4. The lowest BCUT2D eigenvalue weighted by atomic mass is 9.81. The molecule has 2 aliphatic rings. The molecule has 2 saturated heterocycles. The summed E-state index contributed by atoms with van der Waals surface area (Å²) in [5, 5.41) is 0. The summed E-state index contributed by atoms with van der Waals surface area (Å²) >= 11 is 0. The average molecular weight is 494 g/mol. The van der Waals surface area contributed by atoms with Crippen LogP contribution in [0.4, 0.5) is 4.79 Å². The first-order valence-electron chi connectivity index (χ1n) is 12.6. The first-order chi connectivity index (χ1) is 17.2. The highest BCUT2D eigenvalue weighted by molar-refractivity contribution is 5.98. The second-order valence-corrected chi connectivity index (χ2v) is 10.4. The van der Waals surface area contributed by atoms with E-state index in [0.717, 1.165) is 43.0 Å². The lowest BCUT2D eigenvalue weighted by Gasteiger charge is -2.34. The smallest absolute Gasteiger partial charge is 0.391 e. The SMILES string of the molecule is Cc1cccc(CCN2CCN(C(=O)Oc3ccc(CCN4C(=O)CC(C)(C)CC4=O)cn3)CC2)n1. The van der Waals surface area contributed by atoms with Crippen LogP contribution in [0.3, 0.4) is 0 Å². The van der Waals surface area contributed by atoms with Gasteiger partial charge in [0, 0.05) is 82.2 Å². The van der Waals surface area contributed by atoms with Gasteiger partial charge in [0.2, 0.25) is 17.7 Å². The third-order valence-electron chi connectivity index (χ3n) is 6.74. The molecule has 0 unspecified atom stereocenters. The van der Waals surface area contributed by atoms with E-state index in [1.807, 2.05) is 45.0 Å². The number of aromatic nitrogens is 2. The van der Waals surface area contributed by atoms with Crippen LogP contribution in [-0.4, -0.2) is 81.8 Å². The summed E-state index contributed by atoms with van der Waals surface area (Å²) in [5.74, 6) is -0.00746. The number of piperazine rings is 1. The number of hydrogen-bond acceptors (Lipinski definition) is 7. The van der Waals surface area contributed by atoms with Gasteiger partial charge >= 0.3 is 6.09 Å². The van der Waals surface area contributed by atoms with Gasteiger partial charge in [-0.3, -0.25) is 24.4 Å². The number of ether oxygens (including phenoxy) is 1. The third kappa shape index (κ3) is 6.87. The maximum absolute atomic E-state index is 12.6. The van der Waals surface area contributed by atoms with E-state index in [4.69, 9.17) is 4.74 Å². The summed E-state index contributed by atoms with van der Waals surface area (Å²) < 4.78 is 5.47. The van der Waals surface area contributed by atoms with Crippen LogP contribution in [0.2, 0.25) is 0 Å². The Bertz CT molecular complexity index is 1070. The number of nitrogens with zero attached hydrogens (tertiary/aromatic N) is 5. The van der Waals surface area contributed by atoms with Gasteiger partial charge in [0.15, 0.2) is 0 Å². The van der Waals surface area contributed by atoms with E-state index in [9.17, 15) is 14.4 Å². The molecule has 0 aromatic carbocycles. The molecule has 0 saturated carbocycles. The molecule has 0 bridgehead atoms. The average Bonchev–Trinajstić information content (AvgIpc) is 2.83. The molecule has 2 aliphatic heterocycles.